The number of pyridine rings is 1. The number of nitrogens with zero attached hydrogens (tertiary/aromatic N) is 1. The molecule has 0 aliphatic rings. The molecule has 84 valence electrons. The number of hydrogen-bond acceptors (Lipinski definition) is 3. The molecule has 0 aliphatic carbocycles. The number of aromatic nitrogens is 1. The molecule has 16 heavy (non-hydrogen) atoms. The molecular weight excluding hydrogens is 240 g/mol. The first-order valence-corrected chi connectivity index (χ1v) is 6.32. The van der Waals surface area contributed by atoms with Gasteiger partial charge in [-0.05, 0) is 30.0 Å². The summed E-state index contributed by atoms with van der Waals surface area (Å²) in [5.41, 5.74) is 2.23. The SMILES string of the molecule is C=C(Cl)CNC(C)c1cnc2ccsc2c1. The Balaban J connectivity index is 2.15. The van der Waals surface area contributed by atoms with Crippen molar-refractivity contribution in [1.82, 2.24) is 10.3 Å². The molecule has 1 atom stereocenters. The van der Waals surface area contributed by atoms with Crippen LogP contribution in [0.4, 0.5) is 0 Å². The van der Waals surface area contributed by atoms with Crippen molar-refractivity contribution in [2.45, 2.75) is 13.0 Å². The molecule has 1 N–H and O–H groups in total. The molecule has 2 nitrogen and oxygen atoms in total. The molecule has 2 rings (SSSR count). The molecule has 0 spiro atoms. The molecule has 2 heterocycles. The standard InChI is InChI=1S/C12H13ClN2S/c1-8(13)6-14-9(2)10-5-12-11(15-7-10)3-4-16-12/h3-5,7,9,14H,1,6H2,2H3. The van der Waals surface area contributed by atoms with Crippen molar-refractivity contribution in [3.05, 3.63) is 40.9 Å². The summed E-state index contributed by atoms with van der Waals surface area (Å²) in [4.78, 5) is 4.40. The predicted molar refractivity (Wildman–Crippen MR) is 71.0 cm³/mol. The third-order valence-electron chi connectivity index (χ3n) is 2.42. The summed E-state index contributed by atoms with van der Waals surface area (Å²) in [5.74, 6) is 0. The fourth-order valence-electron chi connectivity index (χ4n) is 1.48. The average Bonchev–Trinajstić information content (AvgIpc) is 2.72. The van der Waals surface area contributed by atoms with Gasteiger partial charge in [-0.25, -0.2) is 0 Å². The summed E-state index contributed by atoms with van der Waals surface area (Å²) in [5, 5.41) is 5.97. The van der Waals surface area contributed by atoms with Crippen LogP contribution in [-0.4, -0.2) is 11.5 Å². The van der Waals surface area contributed by atoms with Crippen LogP contribution in [-0.2, 0) is 0 Å². The maximum atomic E-state index is 5.72. The second kappa shape index (κ2) is 4.95. The van der Waals surface area contributed by atoms with Gasteiger partial charge in [-0.2, -0.15) is 0 Å². The zero-order chi connectivity index (χ0) is 11.5. The van der Waals surface area contributed by atoms with Crippen LogP contribution in [0.2, 0.25) is 0 Å². The van der Waals surface area contributed by atoms with E-state index in [4.69, 9.17) is 11.6 Å². The summed E-state index contributed by atoms with van der Waals surface area (Å²) in [7, 11) is 0. The summed E-state index contributed by atoms with van der Waals surface area (Å²) < 4.78 is 1.22. The number of hydrogen-bond donors (Lipinski definition) is 1. The van der Waals surface area contributed by atoms with Gasteiger partial charge in [-0.1, -0.05) is 18.2 Å². The van der Waals surface area contributed by atoms with E-state index in [1.54, 1.807) is 11.3 Å². The van der Waals surface area contributed by atoms with Crippen molar-refractivity contribution < 1.29 is 0 Å². The Morgan fingerprint density at radius 2 is 2.50 bits per heavy atom. The number of rotatable bonds is 4. The Kier molecular flexibility index (Phi) is 3.59. The first-order chi connectivity index (χ1) is 7.66. The topological polar surface area (TPSA) is 24.9 Å². The number of halogens is 1. The second-order valence-electron chi connectivity index (χ2n) is 3.69. The maximum Gasteiger partial charge on any atom is 0.0809 e. The van der Waals surface area contributed by atoms with E-state index >= 15 is 0 Å². The van der Waals surface area contributed by atoms with Gasteiger partial charge in [0.25, 0.3) is 0 Å². The third kappa shape index (κ3) is 2.61. The summed E-state index contributed by atoms with van der Waals surface area (Å²) in [6.07, 6.45) is 1.91. The molecule has 0 bridgehead atoms. The number of thiophene rings is 1. The van der Waals surface area contributed by atoms with Crippen LogP contribution in [0.5, 0.6) is 0 Å². The zero-order valence-corrected chi connectivity index (χ0v) is 10.6. The third-order valence-corrected chi connectivity index (χ3v) is 3.41. The fourth-order valence-corrected chi connectivity index (χ4v) is 2.35. The number of nitrogens with one attached hydrogen (secondary N) is 1. The molecule has 0 amide bonds. The van der Waals surface area contributed by atoms with Crippen molar-refractivity contribution in [2.75, 3.05) is 6.54 Å². The average molecular weight is 253 g/mol. The Morgan fingerprint density at radius 3 is 3.25 bits per heavy atom. The van der Waals surface area contributed by atoms with Crippen molar-refractivity contribution >= 4 is 33.2 Å². The highest BCUT2D eigenvalue weighted by Gasteiger charge is 2.06. The lowest BCUT2D eigenvalue weighted by Crippen LogP contribution is -2.19. The lowest BCUT2D eigenvalue weighted by Gasteiger charge is -2.13. The van der Waals surface area contributed by atoms with Gasteiger partial charge in [0.05, 0.1) is 10.2 Å². The molecule has 2 aromatic heterocycles. The van der Waals surface area contributed by atoms with E-state index in [0.29, 0.717) is 11.6 Å². The van der Waals surface area contributed by atoms with Crippen LogP contribution < -0.4 is 5.32 Å². The van der Waals surface area contributed by atoms with E-state index in [9.17, 15) is 0 Å². The molecule has 0 radical (unpaired) electrons. The van der Waals surface area contributed by atoms with E-state index < -0.39 is 0 Å². The first kappa shape index (κ1) is 11.6. The van der Waals surface area contributed by atoms with E-state index in [1.807, 2.05) is 12.3 Å². The van der Waals surface area contributed by atoms with Crippen molar-refractivity contribution in [2.24, 2.45) is 0 Å². The van der Waals surface area contributed by atoms with Gasteiger partial charge in [0.1, 0.15) is 0 Å². The van der Waals surface area contributed by atoms with Gasteiger partial charge in [0, 0.05) is 23.8 Å². The molecule has 0 aliphatic heterocycles. The van der Waals surface area contributed by atoms with Gasteiger partial charge in [0.2, 0.25) is 0 Å². The Morgan fingerprint density at radius 1 is 1.69 bits per heavy atom. The normalized spacial score (nSPS) is 12.9. The monoisotopic (exact) mass is 252 g/mol. The highest BCUT2D eigenvalue weighted by atomic mass is 35.5. The lowest BCUT2D eigenvalue weighted by molar-refractivity contribution is 0.613. The van der Waals surface area contributed by atoms with E-state index in [2.05, 4.69) is 35.2 Å². The minimum Gasteiger partial charge on any atom is -0.305 e. The zero-order valence-electron chi connectivity index (χ0n) is 9.03. The van der Waals surface area contributed by atoms with Crippen LogP contribution in [0, 0.1) is 0 Å². The molecule has 0 saturated carbocycles. The van der Waals surface area contributed by atoms with Crippen LogP contribution in [0.15, 0.2) is 35.3 Å². The van der Waals surface area contributed by atoms with Crippen LogP contribution in [0.1, 0.15) is 18.5 Å². The Hall–Kier alpha value is -0.900. The molecule has 0 aromatic carbocycles. The Bertz CT molecular complexity index is 506. The van der Waals surface area contributed by atoms with Gasteiger partial charge in [-0.3, -0.25) is 4.98 Å². The minimum atomic E-state index is 0.231. The lowest BCUT2D eigenvalue weighted by atomic mass is 10.1. The van der Waals surface area contributed by atoms with Gasteiger partial charge < -0.3 is 5.32 Å². The second-order valence-corrected chi connectivity index (χ2v) is 5.17. The van der Waals surface area contributed by atoms with Crippen LogP contribution >= 0.6 is 22.9 Å². The Labute approximate surface area is 104 Å². The quantitative estimate of drug-likeness (QED) is 0.898. The summed E-state index contributed by atoms with van der Waals surface area (Å²) in [6, 6.07) is 4.43. The van der Waals surface area contributed by atoms with E-state index in [0.717, 1.165) is 5.52 Å². The maximum absolute atomic E-state index is 5.72. The highest BCUT2D eigenvalue weighted by Crippen LogP contribution is 2.22. The van der Waals surface area contributed by atoms with Crippen molar-refractivity contribution in [3.63, 3.8) is 0 Å². The fraction of sp³-hybridized carbons (Fsp3) is 0.250. The van der Waals surface area contributed by atoms with Crippen LogP contribution in [0.3, 0.4) is 0 Å². The van der Waals surface area contributed by atoms with Gasteiger partial charge in [-0.15, -0.1) is 11.3 Å². The van der Waals surface area contributed by atoms with Gasteiger partial charge in [0.15, 0.2) is 0 Å². The number of fused-ring (bicyclic) bond motifs is 1. The molecule has 0 fully saturated rings. The van der Waals surface area contributed by atoms with E-state index in [1.165, 1.54) is 10.3 Å². The van der Waals surface area contributed by atoms with Crippen molar-refractivity contribution in [1.29, 1.82) is 0 Å². The summed E-state index contributed by atoms with van der Waals surface area (Å²) in [6.45, 7) is 6.36. The smallest absolute Gasteiger partial charge is 0.0809 e. The molecule has 2 aromatic rings. The van der Waals surface area contributed by atoms with Crippen LogP contribution in [0.25, 0.3) is 10.2 Å². The largest absolute Gasteiger partial charge is 0.305 e. The molecule has 0 saturated heterocycles. The first-order valence-electron chi connectivity index (χ1n) is 5.06. The van der Waals surface area contributed by atoms with Crippen molar-refractivity contribution in [3.8, 4) is 0 Å². The van der Waals surface area contributed by atoms with E-state index in [-0.39, 0.29) is 6.04 Å². The molecule has 4 heteroatoms. The van der Waals surface area contributed by atoms with Gasteiger partial charge >= 0.3 is 0 Å². The highest BCUT2D eigenvalue weighted by molar-refractivity contribution is 7.17. The molecule has 1 unspecified atom stereocenters. The summed E-state index contributed by atoms with van der Waals surface area (Å²) >= 11 is 7.43. The minimum absolute atomic E-state index is 0.231. The molecular formula is C12H13ClN2S. The predicted octanol–water partition coefficient (Wildman–Crippen LogP) is 3.70.